The molecule has 6 heteroatoms. The highest BCUT2D eigenvalue weighted by atomic mass is 15.3. The predicted molar refractivity (Wildman–Crippen MR) is 78.4 cm³/mol. The number of hydrazine groups is 1. The molecule has 1 aromatic heterocycles. The van der Waals surface area contributed by atoms with Gasteiger partial charge in [-0.1, -0.05) is 13.8 Å². The van der Waals surface area contributed by atoms with Gasteiger partial charge in [0.1, 0.15) is 17.5 Å². The van der Waals surface area contributed by atoms with Gasteiger partial charge in [0, 0.05) is 17.7 Å². The Labute approximate surface area is 117 Å². The highest BCUT2D eigenvalue weighted by Crippen LogP contribution is 2.20. The lowest BCUT2D eigenvalue weighted by Crippen LogP contribution is -2.12. The van der Waals surface area contributed by atoms with Gasteiger partial charge < -0.3 is 10.7 Å². The number of benzene rings is 1. The number of hydrogen-bond donors (Lipinski definition) is 3. The first-order chi connectivity index (χ1) is 9.62. The van der Waals surface area contributed by atoms with Crippen LogP contribution in [0.1, 0.15) is 31.2 Å². The molecule has 1 aromatic carbocycles. The van der Waals surface area contributed by atoms with E-state index in [1.54, 1.807) is 18.2 Å². The minimum absolute atomic E-state index is 0.199. The summed E-state index contributed by atoms with van der Waals surface area (Å²) >= 11 is 0. The molecule has 2 rings (SSSR count). The number of rotatable bonds is 4. The van der Waals surface area contributed by atoms with Crippen LogP contribution in [0.2, 0.25) is 0 Å². The summed E-state index contributed by atoms with van der Waals surface area (Å²) in [6, 6.07) is 10.9. The second-order valence-electron chi connectivity index (χ2n) is 4.61. The summed E-state index contributed by atoms with van der Waals surface area (Å²) < 4.78 is 0. The summed E-state index contributed by atoms with van der Waals surface area (Å²) in [6.45, 7) is 4.03. The second kappa shape index (κ2) is 5.99. The lowest BCUT2D eigenvalue weighted by molar-refractivity contribution is 0.777. The number of anilines is 3. The van der Waals surface area contributed by atoms with Crippen molar-refractivity contribution in [1.82, 2.24) is 9.97 Å². The maximum absolute atomic E-state index is 8.77. The van der Waals surface area contributed by atoms with Crippen LogP contribution in [0.3, 0.4) is 0 Å². The molecule has 0 bridgehead atoms. The van der Waals surface area contributed by atoms with E-state index in [0.717, 1.165) is 5.69 Å². The van der Waals surface area contributed by atoms with Gasteiger partial charge in [0.25, 0.3) is 0 Å². The van der Waals surface area contributed by atoms with Gasteiger partial charge in [-0.25, -0.2) is 15.8 Å². The van der Waals surface area contributed by atoms with Crippen molar-refractivity contribution in [2.24, 2.45) is 5.84 Å². The largest absolute Gasteiger partial charge is 0.340 e. The van der Waals surface area contributed by atoms with Crippen LogP contribution < -0.4 is 16.6 Å². The quantitative estimate of drug-likeness (QED) is 0.582. The minimum atomic E-state index is 0.199. The first-order valence-electron chi connectivity index (χ1n) is 6.25. The Morgan fingerprint density at radius 1 is 1.15 bits per heavy atom. The van der Waals surface area contributed by atoms with Crippen LogP contribution >= 0.6 is 0 Å². The van der Waals surface area contributed by atoms with Crippen molar-refractivity contribution < 1.29 is 0 Å². The standard InChI is InChI=1S/C14H16N6/c1-9(2)14-18-12(7-13(19-14)20-16)17-11-5-3-10(8-15)4-6-11/h3-7,9H,16H2,1-2H3,(H2,17,18,19,20). The van der Waals surface area contributed by atoms with E-state index in [0.29, 0.717) is 23.0 Å². The summed E-state index contributed by atoms with van der Waals surface area (Å²) in [6.07, 6.45) is 0. The van der Waals surface area contributed by atoms with Crippen LogP contribution in [0.5, 0.6) is 0 Å². The summed E-state index contributed by atoms with van der Waals surface area (Å²) in [7, 11) is 0. The molecule has 0 unspecified atom stereocenters. The van der Waals surface area contributed by atoms with E-state index in [2.05, 4.69) is 26.8 Å². The molecule has 0 spiro atoms. The van der Waals surface area contributed by atoms with Crippen molar-refractivity contribution in [1.29, 1.82) is 5.26 Å². The highest BCUT2D eigenvalue weighted by Gasteiger charge is 2.07. The van der Waals surface area contributed by atoms with Crippen LogP contribution in [-0.2, 0) is 0 Å². The SMILES string of the molecule is CC(C)c1nc(NN)cc(Nc2ccc(C#N)cc2)n1. The molecule has 0 aliphatic heterocycles. The Morgan fingerprint density at radius 2 is 1.80 bits per heavy atom. The first-order valence-corrected chi connectivity index (χ1v) is 6.25. The van der Waals surface area contributed by atoms with Gasteiger partial charge in [0.05, 0.1) is 11.6 Å². The highest BCUT2D eigenvalue weighted by molar-refractivity contribution is 5.60. The van der Waals surface area contributed by atoms with Crippen molar-refractivity contribution >= 4 is 17.3 Å². The van der Waals surface area contributed by atoms with Crippen molar-refractivity contribution in [3.05, 3.63) is 41.7 Å². The normalized spacial score (nSPS) is 10.2. The third-order valence-corrected chi connectivity index (χ3v) is 2.69. The molecule has 2 aromatic rings. The summed E-state index contributed by atoms with van der Waals surface area (Å²) in [4.78, 5) is 8.73. The molecule has 6 nitrogen and oxygen atoms in total. The maximum Gasteiger partial charge on any atom is 0.145 e. The topological polar surface area (TPSA) is 99.6 Å². The molecule has 0 aliphatic carbocycles. The minimum Gasteiger partial charge on any atom is -0.340 e. The van der Waals surface area contributed by atoms with E-state index in [9.17, 15) is 0 Å². The van der Waals surface area contributed by atoms with Crippen molar-refractivity contribution in [3.8, 4) is 6.07 Å². The molecule has 0 saturated carbocycles. The third-order valence-electron chi connectivity index (χ3n) is 2.69. The van der Waals surface area contributed by atoms with Gasteiger partial charge in [-0.15, -0.1) is 0 Å². The molecular formula is C14H16N6. The molecular weight excluding hydrogens is 252 g/mol. The Kier molecular flexibility index (Phi) is 4.13. The molecule has 1 heterocycles. The molecule has 0 aliphatic rings. The van der Waals surface area contributed by atoms with E-state index < -0.39 is 0 Å². The zero-order valence-corrected chi connectivity index (χ0v) is 11.4. The Balaban J connectivity index is 2.27. The number of nitrogens with one attached hydrogen (secondary N) is 2. The smallest absolute Gasteiger partial charge is 0.145 e. The summed E-state index contributed by atoms with van der Waals surface area (Å²) in [5.74, 6) is 7.53. The van der Waals surface area contributed by atoms with E-state index in [1.165, 1.54) is 0 Å². The molecule has 20 heavy (non-hydrogen) atoms. The van der Waals surface area contributed by atoms with Crippen LogP contribution in [0, 0.1) is 11.3 Å². The number of nitriles is 1. The van der Waals surface area contributed by atoms with Crippen LogP contribution in [-0.4, -0.2) is 9.97 Å². The number of hydrogen-bond acceptors (Lipinski definition) is 6. The number of nitrogens with zero attached hydrogens (tertiary/aromatic N) is 3. The van der Waals surface area contributed by atoms with Gasteiger partial charge in [-0.05, 0) is 24.3 Å². The van der Waals surface area contributed by atoms with Crippen LogP contribution in [0.25, 0.3) is 0 Å². The van der Waals surface area contributed by atoms with Gasteiger partial charge in [0.2, 0.25) is 0 Å². The average Bonchev–Trinajstić information content (AvgIpc) is 2.47. The molecule has 0 radical (unpaired) electrons. The Morgan fingerprint density at radius 3 is 2.35 bits per heavy atom. The van der Waals surface area contributed by atoms with Crippen molar-refractivity contribution in [2.45, 2.75) is 19.8 Å². The van der Waals surface area contributed by atoms with E-state index >= 15 is 0 Å². The fraction of sp³-hybridized carbons (Fsp3) is 0.214. The zero-order chi connectivity index (χ0) is 14.5. The zero-order valence-electron chi connectivity index (χ0n) is 11.4. The third kappa shape index (κ3) is 3.22. The summed E-state index contributed by atoms with van der Waals surface area (Å²) in [5.41, 5.74) is 4.00. The molecule has 102 valence electrons. The number of nitrogens with two attached hydrogens (primary N) is 1. The average molecular weight is 268 g/mol. The van der Waals surface area contributed by atoms with E-state index in [4.69, 9.17) is 11.1 Å². The maximum atomic E-state index is 8.77. The fourth-order valence-electron chi connectivity index (χ4n) is 1.64. The summed E-state index contributed by atoms with van der Waals surface area (Å²) in [5, 5.41) is 11.9. The Hall–Kier alpha value is -2.65. The number of nitrogen functional groups attached to an aromatic ring is 1. The molecule has 0 fully saturated rings. The van der Waals surface area contributed by atoms with Gasteiger partial charge in [-0.3, -0.25) is 0 Å². The molecule has 4 N–H and O–H groups in total. The molecule has 0 amide bonds. The van der Waals surface area contributed by atoms with Gasteiger partial charge in [0.15, 0.2) is 0 Å². The van der Waals surface area contributed by atoms with Crippen molar-refractivity contribution in [2.75, 3.05) is 10.7 Å². The van der Waals surface area contributed by atoms with Gasteiger partial charge >= 0.3 is 0 Å². The van der Waals surface area contributed by atoms with Gasteiger partial charge in [-0.2, -0.15) is 5.26 Å². The lowest BCUT2D eigenvalue weighted by Gasteiger charge is -2.11. The van der Waals surface area contributed by atoms with Crippen LogP contribution in [0.15, 0.2) is 30.3 Å². The van der Waals surface area contributed by atoms with E-state index in [-0.39, 0.29) is 5.92 Å². The second-order valence-corrected chi connectivity index (χ2v) is 4.61. The molecule has 0 atom stereocenters. The monoisotopic (exact) mass is 268 g/mol. The molecule has 0 saturated heterocycles. The van der Waals surface area contributed by atoms with Crippen molar-refractivity contribution in [3.63, 3.8) is 0 Å². The first kappa shape index (κ1) is 13.8. The Bertz CT molecular complexity index is 627. The predicted octanol–water partition coefficient (Wildman–Crippen LogP) is 2.50. The lowest BCUT2D eigenvalue weighted by atomic mass is 10.2. The fourth-order valence-corrected chi connectivity index (χ4v) is 1.64. The number of aromatic nitrogens is 2. The van der Waals surface area contributed by atoms with Crippen LogP contribution in [0.4, 0.5) is 17.3 Å². The van der Waals surface area contributed by atoms with E-state index in [1.807, 2.05) is 26.0 Å².